The summed E-state index contributed by atoms with van der Waals surface area (Å²) in [5.74, 6) is -4.57. The fraction of sp³-hybridized carbons (Fsp3) is 0.133. The minimum atomic E-state index is -4.69. The zero-order valence-electron chi connectivity index (χ0n) is 11.7. The predicted molar refractivity (Wildman–Crippen MR) is 77.2 cm³/mol. The van der Waals surface area contributed by atoms with Gasteiger partial charge in [0.2, 0.25) is 9.84 Å². The minimum absolute atomic E-state index is 0.0530. The van der Waals surface area contributed by atoms with Crippen molar-refractivity contribution in [3.8, 4) is 0 Å². The molecule has 0 aliphatic rings. The van der Waals surface area contributed by atoms with Gasteiger partial charge in [-0.05, 0) is 30.3 Å². The fourth-order valence-corrected chi connectivity index (χ4v) is 2.54. The molecule has 0 bridgehead atoms. The molecular formula is C15H12F3NO3S. The molecule has 0 saturated carbocycles. The van der Waals surface area contributed by atoms with Crippen molar-refractivity contribution in [2.24, 2.45) is 0 Å². The van der Waals surface area contributed by atoms with E-state index >= 15 is 0 Å². The molecule has 0 unspecified atom stereocenters. The van der Waals surface area contributed by atoms with Crippen LogP contribution < -0.4 is 5.32 Å². The smallest absolute Gasteiger partial charge is 0.341 e. The van der Waals surface area contributed by atoms with Crippen molar-refractivity contribution in [2.45, 2.75) is 17.2 Å². The Morgan fingerprint density at radius 1 is 1.04 bits per heavy atom. The number of carbonyl (C=O) groups is 1. The van der Waals surface area contributed by atoms with Crippen LogP contribution in [0.2, 0.25) is 0 Å². The van der Waals surface area contributed by atoms with Crippen molar-refractivity contribution in [3.05, 3.63) is 65.5 Å². The lowest BCUT2D eigenvalue weighted by molar-refractivity contribution is 0.0950. The number of rotatable bonds is 5. The Bertz CT molecular complexity index is 805. The van der Waals surface area contributed by atoms with E-state index in [0.29, 0.717) is 0 Å². The first kappa shape index (κ1) is 17.0. The topological polar surface area (TPSA) is 63.2 Å². The minimum Gasteiger partial charge on any atom is -0.348 e. The number of amides is 1. The maximum Gasteiger partial charge on any atom is 0.341 e. The van der Waals surface area contributed by atoms with Gasteiger partial charge in [-0.3, -0.25) is 4.79 Å². The highest BCUT2D eigenvalue weighted by atomic mass is 32.2. The molecule has 8 heteroatoms. The Labute approximate surface area is 130 Å². The van der Waals surface area contributed by atoms with E-state index in [4.69, 9.17) is 0 Å². The van der Waals surface area contributed by atoms with Gasteiger partial charge in [0.1, 0.15) is 5.82 Å². The van der Waals surface area contributed by atoms with Gasteiger partial charge in [0.25, 0.3) is 5.91 Å². The van der Waals surface area contributed by atoms with Crippen LogP contribution in [0.4, 0.5) is 13.2 Å². The standard InChI is InChI=1S/C15H12F3NO3S/c16-13-4-2-1-3-11(13)9-19-14(20)10-5-7-12(8-6-10)23(21,22)15(17)18/h1-8,15H,9H2,(H,19,20). The summed E-state index contributed by atoms with van der Waals surface area (Å²) < 4.78 is 60.8. The van der Waals surface area contributed by atoms with E-state index in [1.807, 2.05) is 0 Å². The maximum absolute atomic E-state index is 13.4. The van der Waals surface area contributed by atoms with Gasteiger partial charge in [-0.25, -0.2) is 12.8 Å². The lowest BCUT2D eigenvalue weighted by atomic mass is 10.2. The Morgan fingerprint density at radius 3 is 2.22 bits per heavy atom. The predicted octanol–water partition coefficient (Wildman–Crippen LogP) is 2.75. The molecule has 0 fully saturated rings. The van der Waals surface area contributed by atoms with Gasteiger partial charge in [0.15, 0.2) is 0 Å². The number of hydrogen-bond donors (Lipinski definition) is 1. The van der Waals surface area contributed by atoms with Gasteiger partial charge in [0.05, 0.1) is 4.90 Å². The van der Waals surface area contributed by atoms with E-state index in [0.717, 1.165) is 24.3 Å². The summed E-state index contributed by atoms with van der Waals surface area (Å²) in [6, 6.07) is 9.99. The second-order valence-electron chi connectivity index (χ2n) is 4.60. The van der Waals surface area contributed by atoms with Crippen molar-refractivity contribution < 1.29 is 26.4 Å². The molecule has 0 atom stereocenters. The van der Waals surface area contributed by atoms with E-state index in [-0.39, 0.29) is 17.7 Å². The Hall–Kier alpha value is -2.35. The summed E-state index contributed by atoms with van der Waals surface area (Å²) in [5, 5.41) is 2.46. The summed E-state index contributed by atoms with van der Waals surface area (Å²) in [6.07, 6.45) is 0. The van der Waals surface area contributed by atoms with Crippen LogP contribution in [0, 0.1) is 5.82 Å². The molecule has 1 N–H and O–H groups in total. The van der Waals surface area contributed by atoms with Crippen molar-refractivity contribution in [3.63, 3.8) is 0 Å². The van der Waals surface area contributed by atoms with Crippen molar-refractivity contribution in [1.29, 1.82) is 0 Å². The van der Waals surface area contributed by atoms with Gasteiger partial charge in [0, 0.05) is 17.7 Å². The number of carbonyl (C=O) groups excluding carboxylic acids is 1. The maximum atomic E-state index is 13.4. The summed E-state index contributed by atoms with van der Waals surface area (Å²) in [5.41, 5.74) is 0.368. The summed E-state index contributed by atoms with van der Waals surface area (Å²) >= 11 is 0. The van der Waals surface area contributed by atoms with Crippen molar-refractivity contribution in [1.82, 2.24) is 5.32 Å². The number of nitrogens with one attached hydrogen (secondary N) is 1. The molecule has 2 rings (SSSR count). The van der Waals surface area contributed by atoms with E-state index in [1.54, 1.807) is 6.07 Å². The van der Waals surface area contributed by atoms with E-state index in [2.05, 4.69) is 5.32 Å². The second-order valence-corrected chi connectivity index (χ2v) is 6.52. The Kier molecular flexibility index (Phi) is 5.05. The first-order chi connectivity index (χ1) is 10.8. The third kappa shape index (κ3) is 3.89. The summed E-state index contributed by atoms with van der Waals surface area (Å²) in [7, 11) is -4.69. The zero-order valence-corrected chi connectivity index (χ0v) is 12.5. The molecule has 23 heavy (non-hydrogen) atoms. The number of sulfone groups is 1. The summed E-state index contributed by atoms with van der Waals surface area (Å²) in [4.78, 5) is 11.3. The van der Waals surface area contributed by atoms with Crippen molar-refractivity contribution >= 4 is 15.7 Å². The van der Waals surface area contributed by atoms with Crippen LogP contribution in [0.1, 0.15) is 15.9 Å². The van der Waals surface area contributed by atoms with Crippen LogP contribution in [-0.4, -0.2) is 20.1 Å². The average molecular weight is 343 g/mol. The van der Waals surface area contributed by atoms with E-state index < -0.39 is 32.2 Å². The lowest BCUT2D eigenvalue weighted by Gasteiger charge is -2.07. The van der Waals surface area contributed by atoms with E-state index in [1.165, 1.54) is 18.2 Å². The largest absolute Gasteiger partial charge is 0.348 e. The molecule has 122 valence electrons. The van der Waals surface area contributed by atoms with Crippen LogP contribution in [0.25, 0.3) is 0 Å². The Morgan fingerprint density at radius 2 is 1.65 bits per heavy atom. The number of alkyl halides is 2. The molecule has 0 spiro atoms. The zero-order chi connectivity index (χ0) is 17.0. The molecule has 0 saturated heterocycles. The second kappa shape index (κ2) is 6.82. The van der Waals surface area contributed by atoms with Gasteiger partial charge in [-0.15, -0.1) is 0 Å². The van der Waals surface area contributed by atoms with Gasteiger partial charge in [-0.1, -0.05) is 18.2 Å². The molecular weight excluding hydrogens is 331 g/mol. The van der Waals surface area contributed by atoms with Crippen LogP contribution in [-0.2, 0) is 16.4 Å². The highest BCUT2D eigenvalue weighted by Crippen LogP contribution is 2.18. The highest BCUT2D eigenvalue weighted by molar-refractivity contribution is 7.91. The first-order valence-corrected chi connectivity index (χ1v) is 8.00. The Balaban J connectivity index is 2.08. The normalized spacial score (nSPS) is 11.5. The summed E-state index contributed by atoms with van der Waals surface area (Å²) in [6.45, 7) is -0.0530. The molecule has 2 aromatic rings. The average Bonchev–Trinajstić information content (AvgIpc) is 2.53. The highest BCUT2D eigenvalue weighted by Gasteiger charge is 2.26. The number of hydrogen-bond acceptors (Lipinski definition) is 3. The molecule has 2 aromatic carbocycles. The van der Waals surface area contributed by atoms with Gasteiger partial charge < -0.3 is 5.32 Å². The van der Waals surface area contributed by atoms with E-state index in [9.17, 15) is 26.4 Å². The van der Waals surface area contributed by atoms with Crippen molar-refractivity contribution in [2.75, 3.05) is 0 Å². The molecule has 4 nitrogen and oxygen atoms in total. The molecule has 0 aliphatic carbocycles. The number of benzene rings is 2. The van der Waals surface area contributed by atoms with Crippen LogP contribution in [0.5, 0.6) is 0 Å². The molecule has 0 radical (unpaired) electrons. The quantitative estimate of drug-likeness (QED) is 0.908. The molecule has 0 aromatic heterocycles. The third-order valence-corrected chi connectivity index (χ3v) is 4.48. The molecule has 0 heterocycles. The van der Waals surface area contributed by atoms with Crippen LogP contribution in [0.15, 0.2) is 53.4 Å². The van der Waals surface area contributed by atoms with Gasteiger partial charge in [-0.2, -0.15) is 8.78 Å². The van der Waals surface area contributed by atoms with Crippen LogP contribution in [0.3, 0.4) is 0 Å². The lowest BCUT2D eigenvalue weighted by Crippen LogP contribution is -2.23. The van der Waals surface area contributed by atoms with Gasteiger partial charge >= 0.3 is 5.76 Å². The monoisotopic (exact) mass is 343 g/mol. The number of halogens is 3. The molecule has 1 amide bonds. The van der Waals surface area contributed by atoms with Crippen LogP contribution >= 0.6 is 0 Å². The SMILES string of the molecule is O=C(NCc1ccccc1F)c1ccc(S(=O)(=O)C(F)F)cc1. The fourth-order valence-electron chi connectivity index (χ4n) is 1.82. The first-order valence-electron chi connectivity index (χ1n) is 6.46. The third-order valence-electron chi connectivity index (χ3n) is 3.08. The molecule has 0 aliphatic heterocycles.